The average molecular weight is 278 g/mol. The van der Waals surface area contributed by atoms with Gasteiger partial charge in [-0.3, -0.25) is 0 Å². The van der Waals surface area contributed by atoms with Crippen molar-refractivity contribution in [3.05, 3.63) is 6.33 Å². The molecule has 112 valence electrons. The number of hydrogen-bond donors (Lipinski definition) is 2. The van der Waals surface area contributed by atoms with Crippen LogP contribution in [0.2, 0.25) is 0 Å². The van der Waals surface area contributed by atoms with Crippen molar-refractivity contribution in [1.82, 2.24) is 9.97 Å². The number of aromatic nitrogens is 2. The van der Waals surface area contributed by atoms with Crippen molar-refractivity contribution in [2.24, 2.45) is 5.92 Å². The number of anilines is 2. The lowest BCUT2D eigenvalue weighted by Crippen LogP contribution is -2.32. The Morgan fingerprint density at radius 1 is 1.35 bits per heavy atom. The van der Waals surface area contributed by atoms with Crippen LogP contribution in [0.5, 0.6) is 5.88 Å². The van der Waals surface area contributed by atoms with Crippen molar-refractivity contribution in [1.29, 1.82) is 0 Å². The molecule has 0 bridgehead atoms. The van der Waals surface area contributed by atoms with Crippen LogP contribution in [0.3, 0.4) is 0 Å². The second-order valence-electron chi connectivity index (χ2n) is 5.81. The van der Waals surface area contributed by atoms with Crippen molar-refractivity contribution < 1.29 is 4.74 Å². The van der Waals surface area contributed by atoms with Crippen molar-refractivity contribution in [3.8, 4) is 5.88 Å². The molecule has 0 radical (unpaired) electrons. The summed E-state index contributed by atoms with van der Waals surface area (Å²) in [6, 6.07) is 0.456. The van der Waals surface area contributed by atoms with Crippen LogP contribution in [-0.2, 0) is 0 Å². The van der Waals surface area contributed by atoms with E-state index in [9.17, 15) is 0 Å². The molecule has 5 heteroatoms. The maximum absolute atomic E-state index is 6.12. The van der Waals surface area contributed by atoms with E-state index in [0.29, 0.717) is 29.3 Å². The summed E-state index contributed by atoms with van der Waals surface area (Å²) in [7, 11) is 0. The Morgan fingerprint density at radius 3 is 2.80 bits per heavy atom. The number of ether oxygens (including phenoxy) is 1. The van der Waals surface area contributed by atoms with E-state index < -0.39 is 0 Å². The molecule has 1 fully saturated rings. The van der Waals surface area contributed by atoms with Gasteiger partial charge < -0.3 is 15.8 Å². The standard InChI is InChI=1S/C15H26N4O/c1-4-11-7-5-6-8-12(11)19-14-13(16)15(18-9-17-14)20-10(2)3/h9-12H,4-8,16H2,1-3H3,(H,17,18,19). The molecule has 0 aliphatic heterocycles. The summed E-state index contributed by atoms with van der Waals surface area (Å²) in [5.41, 5.74) is 6.64. The molecule has 2 rings (SSSR count). The highest BCUT2D eigenvalue weighted by Crippen LogP contribution is 2.32. The summed E-state index contributed by atoms with van der Waals surface area (Å²) in [5.74, 6) is 1.88. The number of hydrogen-bond acceptors (Lipinski definition) is 5. The van der Waals surface area contributed by atoms with E-state index in [2.05, 4.69) is 22.2 Å². The fraction of sp³-hybridized carbons (Fsp3) is 0.733. The van der Waals surface area contributed by atoms with Crippen LogP contribution < -0.4 is 15.8 Å². The Hall–Kier alpha value is -1.52. The number of nitrogens with one attached hydrogen (secondary N) is 1. The van der Waals surface area contributed by atoms with Gasteiger partial charge in [-0.2, -0.15) is 4.98 Å². The van der Waals surface area contributed by atoms with E-state index in [1.165, 1.54) is 38.4 Å². The molecule has 2 atom stereocenters. The molecule has 1 saturated carbocycles. The zero-order chi connectivity index (χ0) is 14.5. The highest BCUT2D eigenvalue weighted by Gasteiger charge is 2.25. The third-order valence-corrected chi connectivity index (χ3v) is 3.95. The molecular weight excluding hydrogens is 252 g/mol. The molecule has 1 aliphatic rings. The highest BCUT2D eigenvalue weighted by molar-refractivity contribution is 5.66. The van der Waals surface area contributed by atoms with Crippen LogP contribution in [0.25, 0.3) is 0 Å². The first-order valence-corrected chi connectivity index (χ1v) is 7.65. The molecule has 20 heavy (non-hydrogen) atoms. The summed E-state index contributed by atoms with van der Waals surface area (Å²) in [4.78, 5) is 8.39. The van der Waals surface area contributed by atoms with Gasteiger partial charge in [0.1, 0.15) is 12.0 Å². The molecular formula is C15H26N4O. The first-order valence-electron chi connectivity index (χ1n) is 7.65. The fourth-order valence-electron chi connectivity index (χ4n) is 2.87. The minimum Gasteiger partial charge on any atom is -0.473 e. The van der Waals surface area contributed by atoms with Crippen molar-refractivity contribution in [3.63, 3.8) is 0 Å². The van der Waals surface area contributed by atoms with E-state index in [-0.39, 0.29) is 6.10 Å². The van der Waals surface area contributed by atoms with E-state index in [4.69, 9.17) is 10.5 Å². The zero-order valence-electron chi connectivity index (χ0n) is 12.7. The summed E-state index contributed by atoms with van der Waals surface area (Å²) < 4.78 is 5.61. The number of nitrogen functional groups attached to an aromatic ring is 1. The van der Waals surface area contributed by atoms with Gasteiger partial charge >= 0.3 is 0 Å². The normalized spacial score (nSPS) is 22.8. The third-order valence-electron chi connectivity index (χ3n) is 3.95. The summed E-state index contributed by atoms with van der Waals surface area (Å²) in [6.07, 6.45) is 7.83. The van der Waals surface area contributed by atoms with E-state index >= 15 is 0 Å². The minimum absolute atomic E-state index is 0.0538. The maximum Gasteiger partial charge on any atom is 0.242 e. The Labute approximate surface area is 121 Å². The van der Waals surface area contributed by atoms with Crippen LogP contribution in [0.1, 0.15) is 52.9 Å². The maximum atomic E-state index is 6.12. The number of nitrogens with zero attached hydrogens (tertiary/aromatic N) is 2. The molecule has 1 aromatic heterocycles. The summed E-state index contributed by atoms with van der Waals surface area (Å²) in [6.45, 7) is 6.17. The van der Waals surface area contributed by atoms with E-state index in [1.807, 2.05) is 13.8 Å². The first kappa shape index (κ1) is 14.9. The Balaban J connectivity index is 2.12. The molecule has 0 saturated heterocycles. The molecule has 3 N–H and O–H groups in total. The Kier molecular flexibility index (Phi) is 5.04. The quantitative estimate of drug-likeness (QED) is 0.865. The SMILES string of the molecule is CCC1CCCCC1Nc1ncnc(OC(C)C)c1N. The predicted octanol–water partition coefficient (Wildman–Crippen LogP) is 3.23. The average Bonchev–Trinajstić information content (AvgIpc) is 2.43. The molecule has 1 heterocycles. The van der Waals surface area contributed by atoms with E-state index in [0.717, 1.165) is 0 Å². The monoisotopic (exact) mass is 278 g/mol. The minimum atomic E-state index is 0.0538. The Bertz CT molecular complexity index is 436. The van der Waals surface area contributed by atoms with Crippen LogP contribution in [0.15, 0.2) is 6.33 Å². The lowest BCUT2D eigenvalue weighted by Gasteiger charge is -2.32. The van der Waals surface area contributed by atoms with Gasteiger partial charge in [-0.25, -0.2) is 4.98 Å². The van der Waals surface area contributed by atoms with Crippen molar-refractivity contribution >= 4 is 11.5 Å². The molecule has 5 nitrogen and oxygen atoms in total. The van der Waals surface area contributed by atoms with Crippen molar-refractivity contribution in [2.45, 2.75) is 65.0 Å². The van der Waals surface area contributed by atoms with E-state index in [1.54, 1.807) is 0 Å². The van der Waals surface area contributed by atoms with Gasteiger partial charge in [-0.15, -0.1) is 0 Å². The van der Waals surface area contributed by atoms with Gasteiger partial charge in [0.05, 0.1) is 6.10 Å². The highest BCUT2D eigenvalue weighted by atomic mass is 16.5. The van der Waals surface area contributed by atoms with Gasteiger partial charge in [-0.05, 0) is 32.6 Å². The fourth-order valence-corrected chi connectivity index (χ4v) is 2.87. The smallest absolute Gasteiger partial charge is 0.242 e. The van der Waals surface area contributed by atoms with Crippen molar-refractivity contribution in [2.75, 3.05) is 11.1 Å². The number of nitrogens with two attached hydrogens (primary N) is 1. The lowest BCUT2D eigenvalue weighted by atomic mass is 9.83. The molecule has 0 aromatic carbocycles. The third kappa shape index (κ3) is 3.52. The molecule has 1 aliphatic carbocycles. The largest absolute Gasteiger partial charge is 0.473 e. The van der Waals surface area contributed by atoms with Crippen LogP contribution in [-0.4, -0.2) is 22.1 Å². The van der Waals surface area contributed by atoms with Gasteiger partial charge in [-0.1, -0.05) is 26.2 Å². The molecule has 1 aromatic rings. The predicted molar refractivity (Wildman–Crippen MR) is 81.9 cm³/mol. The molecule has 0 amide bonds. The van der Waals surface area contributed by atoms with Gasteiger partial charge in [0.2, 0.25) is 5.88 Å². The molecule has 0 spiro atoms. The summed E-state index contributed by atoms with van der Waals surface area (Å²) >= 11 is 0. The van der Waals surface area contributed by atoms with Crippen LogP contribution >= 0.6 is 0 Å². The second-order valence-corrected chi connectivity index (χ2v) is 5.81. The molecule has 2 unspecified atom stereocenters. The second kappa shape index (κ2) is 6.77. The topological polar surface area (TPSA) is 73.1 Å². The van der Waals surface area contributed by atoms with Gasteiger partial charge in [0.25, 0.3) is 0 Å². The van der Waals surface area contributed by atoms with Crippen LogP contribution in [0, 0.1) is 5.92 Å². The summed E-state index contributed by atoms with van der Waals surface area (Å²) in [5, 5.41) is 3.51. The number of rotatable bonds is 5. The first-order chi connectivity index (χ1) is 9.61. The van der Waals surface area contributed by atoms with Gasteiger partial charge in [0, 0.05) is 6.04 Å². The zero-order valence-corrected chi connectivity index (χ0v) is 12.7. The lowest BCUT2D eigenvalue weighted by molar-refractivity contribution is 0.234. The van der Waals surface area contributed by atoms with Crippen LogP contribution in [0.4, 0.5) is 11.5 Å². The van der Waals surface area contributed by atoms with Gasteiger partial charge in [0.15, 0.2) is 5.82 Å². The Morgan fingerprint density at radius 2 is 2.10 bits per heavy atom.